The average Bonchev–Trinajstić information content (AvgIpc) is 2.25. The first-order valence-electron chi connectivity index (χ1n) is 5.19. The van der Waals surface area contributed by atoms with Crippen LogP contribution in [-0.2, 0) is 0 Å². The van der Waals surface area contributed by atoms with Gasteiger partial charge in [0, 0.05) is 33.2 Å². The molecule has 1 heterocycles. The van der Waals surface area contributed by atoms with Crippen LogP contribution in [0.4, 0.5) is 4.79 Å². The number of carbonyl (C=O) groups excluding carboxylic acids is 1. The van der Waals surface area contributed by atoms with Gasteiger partial charge in [-0.25, -0.2) is 4.79 Å². The Morgan fingerprint density at radius 1 is 1.36 bits per heavy atom. The van der Waals surface area contributed by atoms with E-state index >= 15 is 0 Å². The molecule has 1 aliphatic rings. The summed E-state index contributed by atoms with van der Waals surface area (Å²) in [6, 6.07) is 0.449. The third-order valence-electron chi connectivity index (χ3n) is 2.68. The average molecular weight is 199 g/mol. The minimum absolute atomic E-state index is 0.132. The maximum Gasteiger partial charge on any atom is 0.319 e. The van der Waals surface area contributed by atoms with Crippen LogP contribution in [0.2, 0.25) is 0 Å². The highest BCUT2D eigenvalue weighted by molar-refractivity contribution is 5.74. The van der Waals surface area contributed by atoms with Gasteiger partial charge in [-0.2, -0.15) is 0 Å². The minimum atomic E-state index is 0.132. The number of hydrogen-bond donors (Lipinski definition) is 0. The fourth-order valence-corrected chi connectivity index (χ4v) is 1.91. The van der Waals surface area contributed by atoms with E-state index in [1.807, 2.05) is 19.0 Å². The van der Waals surface area contributed by atoms with Gasteiger partial charge in [0.15, 0.2) is 0 Å². The van der Waals surface area contributed by atoms with E-state index in [1.165, 1.54) is 0 Å². The van der Waals surface area contributed by atoms with Crippen LogP contribution in [0.15, 0.2) is 0 Å². The van der Waals surface area contributed by atoms with E-state index in [2.05, 4.69) is 18.9 Å². The van der Waals surface area contributed by atoms with Crippen molar-refractivity contribution in [1.82, 2.24) is 14.7 Å². The SMILES string of the molecule is CC1CN(C)CCCN1C(=O)N(C)C. The van der Waals surface area contributed by atoms with Crippen molar-refractivity contribution in [2.45, 2.75) is 19.4 Å². The minimum Gasteiger partial charge on any atom is -0.331 e. The summed E-state index contributed by atoms with van der Waals surface area (Å²) in [5.74, 6) is 0. The molecule has 14 heavy (non-hydrogen) atoms. The molecule has 0 aromatic carbocycles. The summed E-state index contributed by atoms with van der Waals surface area (Å²) in [5.41, 5.74) is 0. The Morgan fingerprint density at radius 3 is 2.57 bits per heavy atom. The number of likely N-dealkylation sites (N-methyl/N-ethyl adjacent to an activating group) is 1. The van der Waals surface area contributed by atoms with Crippen LogP contribution in [0.1, 0.15) is 13.3 Å². The van der Waals surface area contributed by atoms with Gasteiger partial charge in [-0.1, -0.05) is 0 Å². The van der Waals surface area contributed by atoms with Gasteiger partial charge in [-0.3, -0.25) is 0 Å². The Balaban J connectivity index is 2.63. The fourth-order valence-electron chi connectivity index (χ4n) is 1.91. The molecule has 0 saturated carbocycles. The Morgan fingerprint density at radius 2 is 2.00 bits per heavy atom. The molecule has 2 amide bonds. The zero-order valence-electron chi connectivity index (χ0n) is 9.66. The standard InChI is InChI=1S/C10H21N3O/c1-9-8-12(4)6-5-7-13(9)10(14)11(2)3/h9H,5-8H2,1-4H3. The first-order valence-corrected chi connectivity index (χ1v) is 5.19. The fraction of sp³-hybridized carbons (Fsp3) is 0.900. The van der Waals surface area contributed by atoms with Crippen molar-refractivity contribution in [1.29, 1.82) is 0 Å². The Labute approximate surface area is 86.5 Å². The van der Waals surface area contributed by atoms with Gasteiger partial charge >= 0.3 is 6.03 Å². The molecular formula is C10H21N3O. The number of urea groups is 1. The van der Waals surface area contributed by atoms with Gasteiger partial charge in [-0.05, 0) is 26.9 Å². The topological polar surface area (TPSA) is 26.8 Å². The van der Waals surface area contributed by atoms with Crippen molar-refractivity contribution in [2.75, 3.05) is 40.8 Å². The molecule has 1 fully saturated rings. The third kappa shape index (κ3) is 2.61. The smallest absolute Gasteiger partial charge is 0.319 e. The molecule has 0 aromatic heterocycles. The van der Waals surface area contributed by atoms with E-state index < -0.39 is 0 Å². The monoisotopic (exact) mass is 199 g/mol. The molecule has 4 nitrogen and oxygen atoms in total. The van der Waals surface area contributed by atoms with Crippen LogP contribution >= 0.6 is 0 Å². The van der Waals surface area contributed by atoms with Gasteiger partial charge in [0.25, 0.3) is 0 Å². The summed E-state index contributed by atoms with van der Waals surface area (Å²) in [5, 5.41) is 0. The lowest BCUT2D eigenvalue weighted by molar-refractivity contribution is 0.152. The molecule has 0 spiro atoms. The molecule has 0 aromatic rings. The van der Waals surface area contributed by atoms with E-state index in [0.29, 0.717) is 6.04 Å². The third-order valence-corrected chi connectivity index (χ3v) is 2.68. The van der Waals surface area contributed by atoms with Crippen molar-refractivity contribution in [3.63, 3.8) is 0 Å². The summed E-state index contributed by atoms with van der Waals surface area (Å²) >= 11 is 0. The molecule has 0 N–H and O–H groups in total. The largest absolute Gasteiger partial charge is 0.331 e. The summed E-state index contributed by atoms with van der Waals surface area (Å²) in [4.78, 5) is 17.7. The lowest BCUT2D eigenvalue weighted by Crippen LogP contribution is -2.46. The summed E-state index contributed by atoms with van der Waals surface area (Å²) in [7, 11) is 5.73. The normalized spacial score (nSPS) is 24.6. The molecule has 0 bridgehead atoms. The molecule has 1 atom stereocenters. The second-order valence-corrected chi connectivity index (χ2v) is 4.34. The van der Waals surface area contributed by atoms with Crippen LogP contribution in [0, 0.1) is 0 Å². The number of amides is 2. The van der Waals surface area contributed by atoms with Crippen LogP contribution in [0.3, 0.4) is 0 Å². The quantitative estimate of drug-likeness (QED) is 0.574. The van der Waals surface area contributed by atoms with Gasteiger partial charge in [-0.15, -0.1) is 0 Å². The highest BCUT2D eigenvalue weighted by Crippen LogP contribution is 2.09. The highest BCUT2D eigenvalue weighted by Gasteiger charge is 2.24. The maximum atomic E-state index is 11.8. The van der Waals surface area contributed by atoms with Gasteiger partial charge in [0.1, 0.15) is 0 Å². The van der Waals surface area contributed by atoms with Crippen molar-refractivity contribution in [2.24, 2.45) is 0 Å². The van der Waals surface area contributed by atoms with E-state index in [0.717, 1.165) is 26.1 Å². The van der Waals surface area contributed by atoms with Crippen LogP contribution < -0.4 is 0 Å². The van der Waals surface area contributed by atoms with E-state index in [9.17, 15) is 4.79 Å². The number of nitrogens with zero attached hydrogens (tertiary/aromatic N) is 3. The second-order valence-electron chi connectivity index (χ2n) is 4.34. The molecule has 82 valence electrons. The van der Waals surface area contributed by atoms with Gasteiger partial charge < -0.3 is 14.7 Å². The predicted molar refractivity (Wildman–Crippen MR) is 57.4 cm³/mol. The lowest BCUT2D eigenvalue weighted by Gasteiger charge is -2.30. The Kier molecular flexibility index (Phi) is 3.75. The van der Waals surface area contributed by atoms with Crippen molar-refractivity contribution >= 4 is 6.03 Å². The number of hydrogen-bond acceptors (Lipinski definition) is 2. The second kappa shape index (κ2) is 4.64. The molecule has 0 aliphatic carbocycles. The summed E-state index contributed by atoms with van der Waals surface area (Å²) in [6.07, 6.45) is 1.07. The van der Waals surface area contributed by atoms with Crippen LogP contribution in [0.5, 0.6) is 0 Å². The molecule has 1 saturated heterocycles. The predicted octanol–water partition coefficient (Wildman–Crippen LogP) is 0.694. The molecule has 1 aliphatic heterocycles. The molecule has 1 rings (SSSR count). The zero-order chi connectivity index (χ0) is 10.7. The van der Waals surface area contributed by atoms with Crippen LogP contribution in [-0.4, -0.2) is 67.5 Å². The number of rotatable bonds is 0. The molecule has 0 radical (unpaired) electrons. The zero-order valence-corrected chi connectivity index (χ0v) is 9.66. The summed E-state index contributed by atoms with van der Waals surface area (Å²) < 4.78 is 0. The first kappa shape index (κ1) is 11.3. The van der Waals surface area contributed by atoms with E-state index in [-0.39, 0.29) is 6.03 Å². The van der Waals surface area contributed by atoms with Gasteiger partial charge in [0.05, 0.1) is 0 Å². The van der Waals surface area contributed by atoms with E-state index in [4.69, 9.17) is 0 Å². The van der Waals surface area contributed by atoms with Crippen molar-refractivity contribution in [3.8, 4) is 0 Å². The number of carbonyl (C=O) groups is 1. The van der Waals surface area contributed by atoms with Crippen molar-refractivity contribution in [3.05, 3.63) is 0 Å². The first-order chi connectivity index (χ1) is 6.52. The van der Waals surface area contributed by atoms with Gasteiger partial charge in [0.2, 0.25) is 0 Å². The van der Waals surface area contributed by atoms with Crippen LogP contribution in [0.25, 0.3) is 0 Å². The molecule has 4 heteroatoms. The van der Waals surface area contributed by atoms with E-state index in [1.54, 1.807) is 4.90 Å². The Bertz CT molecular complexity index is 206. The molecular weight excluding hydrogens is 178 g/mol. The summed E-state index contributed by atoms with van der Waals surface area (Å²) in [6.45, 7) is 5.05. The highest BCUT2D eigenvalue weighted by atomic mass is 16.2. The maximum absolute atomic E-state index is 11.8. The lowest BCUT2D eigenvalue weighted by atomic mass is 10.3. The van der Waals surface area contributed by atoms with Crippen molar-refractivity contribution < 1.29 is 4.79 Å². The Hall–Kier alpha value is -0.770. The molecule has 1 unspecified atom stereocenters.